The van der Waals surface area contributed by atoms with Crippen molar-refractivity contribution in [1.29, 1.82) is 0 Å². The summed E-state index contributed by atoms with van der Waals surface area (Å²) in [6.45, 7) is 2.10. The van der Waals surface area contributed by atoms with Gasteiger partial charge in [0, 0.05) is 19.3 Å². The van der Waals surface area contributed by atoms with E-state index in [1.807, 2.05) is 13.0 Å². The van der Waals surface area contributed by atoms with Crippen LogP contribution in [0.3, 0.4) is 0 Å². The zero-order valence-corrected chi connectivity index (χ0v) is 13.1. The van der Waals surface area contributed by atoms with Gasteiger partial charge in [-0.1, -0.05) is 18.2 Å². The molecule has 0 bridgehead atoms. The summed E-state index contributed by atoms with van der Waals surface area (Å²) in [7, 11) is 0. The van der Waals surface area contributed by atoms with Crippen molar-refractivity contribution in [2.45, 2.75) is 6.92 Å². The zero-order valence-electron chi connectivity index (χ0n) is 13.1. The number of hydrogen-bond acceptors (Lipinski definition) is 4. The number of pyridine rings is 1. The first-order chi connectivity index (χ1) is 11.6. The van der Waals surface area contributed by atoms with E-state index in [0.717, 1.165) is 10.5 Å². The lowest BCUT2D eigenvalue weighted by Crippen LogP contribution is -2.39. The van der Waals surface area contributed by atoms with Gasteiger partial charge in [-0.05, 0) is 30.7 Å². The van der Waals surface area contributed by atoms with Gasteiger partial charge in [0.1, 0.15) is 5.82 Å². The lowest BCUT2D eigenvalue weighted by Gasteiger charge is -2.14. The molecule has 0 spiro atoms. The molecule has 1 aromatic carbocycles. The Balaban J connectivity index is 1.54. The van der Waals surface area contributed by atoms with Crippen LogP contribution in [0.2, 0.25) is 0 Å². The number of amides is 4. The van der Waals surface area contributed by atoms with Crippen molar-refractivity contribution in [3.05, 3.63) is 59.3 Å². The number of carbonyl (C=O) groups is 3. The zero-order chi connectivity index (χ0) is 17.1. The number of fused-ring (bicyclic) bond motifs is 1. The average Bonchev–Trinajstić information content (AvgIpc) is 2.82. The molecule has 3 rings (SSSR count). The number of benzene rings is 1. The van der Waals surface area contributed by atoms with Crippen LogP contribution in [-0.2, 0) is 0 Å². The SMILES string of the molecule is Cc1cccnc1NC(=O)NCCN1C(=O)c2ccccc2C1=O. The number of carbonyl (C=O) groups excluding carboxylic acids is 3. The molecule has 0 unspecified atom stereocenters. The van der Waals surface area contributed by atoms with Crippen molar-refractivity contribution in [1.82, 2.24) is 15.2 Å². The van der Waals surface area contributed by atoms with Gasteiger partial charge in [-0.3, -0.25) is 19.8 Å². The summed E-state index contributed by atoms with van der Waals surface area (Å²) in [4.78, 5) is 41.4. The second-order valence-electron chi connectivity index (χ2n) is 5.36. The Morgan fingerprint density at radius 3 is 2.38 bits per heavy atom. The highest BCUT2D eigenvalue weighted by atomic mass is 16.2. The minimum Gasteiger partial charge on any atom is -0.336 e. The van der Waals surface area contributed by atoms with Gasteiger partial charge < -0.3 is 5.32 Å². The highest BCUT2D eigenvalue weighted by molar-refractivity contribution is 6.21. The predicted octanol–water partition coefficient (Wildman–Crippen LogP) is 1.81. The molecule has 0 radical (unpaired) electrons. The van der Waals surface area contributed by atoms with Crippen molar-refractivity contribution in [3.8, 4) is 0 Å². The van der Waals surface area contributed by atoms with Crippen LogP contribution in [0.1, 0.15) is 26.3 Å². The third kappa shape index (κ3) is 2.96. The molecule has 0 atom stereocenters. The number of rotatable bonds is 4. The lowest BCUT2D eigenvalue weighted by atomic mass is 10.1. The Bertz CT molecular complexity index is 784. The molecule has 0 aliphatic carbocycles. The van der Waals surface area contributed by atoms with E-state index in [2.05, 4.69) is 15.6 Å². The van der Waals surface area contributed by atoms with Gasteiger partial charge in [0.25, 0.3) is 11.8 Å². The molecule has 24 heavy (non-hydrogen) atoms. The van der Waals surface area contributed by atoms with Gasteiger partial charge >= 0.3 is 6.03 Å². The summed E-state index contributed by atoms with van der Waals surface area (Å²) in [6.07, 6.45) is 1.58. The van der Waals surface area contributed by atoms with Gasteiger partial charge in [0.05, 0.1) is 11.1 Å². The standard InChI is InChI=1S/C17H16N4O3/c1-11-5-4-8-18-14(11)20-17(24)19-9-10-21-15(22)12-6-2-3-7-13(12)16(21)23/h2-8H,9-10H2,1H3,(H2,18,19,20,24). The normalized spacial score (nSPS) is 13.0. The molecule has 0 fully saturated rings. The van der Waals surface area contributed by atoms with E-state index >= 15 is 0 Å². The minimum atomic E-state index is -0.437. The van der Waals surface area contributed by atoms with Crippen LogP contribution in [0, 0.1) is 6.92 Å². The fourth-order valence-electron chi connectivity index (χ4n) is 2.49. The molecule has 1 aliphatic heterocycles. The first-order valence-electron chi connectivity index (χ1n) is 7.49. The topological polar surface area (TPSA) is 91.4 Å². The molecular weight excluding hydrogens is 308 g/mol. The molecule has 4 amide bonds. The number of urea groups is 1. The molecule has 0 saturated heterocycles. The Kier molecular flexibility index (Phi) is 4.24. The highest BCUT2D eigenvalue weighted by Gasteiger charge is 2.34. The summed E-state index contributed by atoms with van der Waals surface area (Å²) in [5, 5.41) is 5.24. The van der Waals surface area contributed by atoms with Crippen LogP contribution < -0.4 is 10.6 Å². The molecular formula is C17H16N4O3. The van der Waals surface area contributed by atoms with Crippen molar-refractivity contribution >= 4 is 23.7 Å². The van der Waals surface area contributed by atoms with Crippen LogP contribution in [0.4, 0.5) is 10.6 Å². The lowest BCUT2D eigenvalue weighted by molar-refractivity contribution is 0.0656. The van der Waals surface area contributed by atoms with Crippen molar-refractivity contribution < 1.29 is 14.4 Å². The minimum absolute atomic E-state index is 0.112. The summed E-state index contributed by atoms with van der Waals surface area (Å²) in [6, 6.07) is 9.86. The van der Waals surface area contributed by atoms with Gasteiger partial charge in [0.15, 0.2) is 0 Å². The molecule has 2 aromatic rings. The largest absolute Gasteiger partial charge is 0.336 e. The smallest absolute Gasteiger partial charge is 0.320 e. The van der Waals surface area contributed by atoms with E-state index in [-0.39, 0.29) is 24.9 Å². The van der Waals surface area contributed by atoms with Crippen LogP contribution in [-0.4, -0.2) is 40.8 Å². The Morgan fingerprint density at radius 2 is 1.75 bits per heavy atom. The average molecular weight is 324 g/mol. The van der Waals surface area contributed by atoms with Gasteiger partial charge in [-0.2, -0.15) is 0 Å². The summed E-state index contributed by atoms with van der Waals surface area (Å²) < 4.78 is 0. The summed E-state index contributed by atoms with van der Waals surface area (Å²) in [5.74, 6) is -0.201. The maximum Gasteiger partial charge on any atom is 0.320 e. The van der Waals surface area contributed by atoms with E-state index in [9.17, 15) is 14.4 Å². The maximum atomic E-state index is 12.2. The van der Waals surface area contributed by atoms with E-state index in [1.54, 1.807) is 36.5 Å². The van der Waals surface area contributed by atoms with E-state index in [1.165, 1.54) is 0 Å². The quantitative estimate of drug-likeness (QED) is 0.839. The number of aryl methyl sites for hydroxylation is 1. The maximum absolute atomic E-state index is 12.2. The number of imide groups is 1. The van der Waals surface area contributed by atoms with Crippen molar-refractivity contribution in [3.63, 3.8) is 0 Å². The monoisotopic (exact) mass is 324 g/mol. The van der Waals surface area contributed by atoms with E-state index < -0.39 is 6.03 Å². The number of anilines is 1. The fourth-order valence-corrected chi connectivity index (χ4v) is 2.49. The molecule has 7 heteroatoms. The third-order valence-electron chi connectivity index (χ3n) is 3.74. The molecule has 2 heterocycles. The fraction of sp³-hybridized carbons (Fsp3) is 0.176. The number of hydrogen-bond donors (Lipinski definition) is 2. The van der Waals surface area contributed by atoms with Crippen LogP contribution in [0.5, 0.6) is 0 Å². The summed E-state index contributed by atoms with van der Waals surface area (Å²) in [5.41, 5.74) is 1.64. The molecule has 1 aliphatic rings. The highest BCUT2D eigenvalue weighted by Crippen LogP contribution is 2.21. The Hall–Kier alpha value is -3.22. The number of aromatic nitrogens is 1. The first kappa shape index (κ1) is 15.7. The van der Waals surface area contributed by atoms with Crippen LogP contribution in [0.25, 0.3) is 0 Å². The van der Waals surface area contributed by atoms with Crippen LogP contribution >= 0.6 is 0 Å². The second kappa shape index (κ2) is 6.49. The first-order valence-corrected chi connectivity index (χ1v) is 7.49. The van der Waals surface area contributed by atoms with Crippen molar-refractivity contribution in [2.24, 2.45) is 0 Å². The predicted molar refractivity (Wildman–Crippen MR) is 87.8 cm³/mol. The van der Waals surface area contributed by atoms with Gasteiger partial charge in [-0.15, -0.1) is 0 Å². The van der Waals surface area contributed by atoms with E-state index in [4.69, 9.17) is 0 Å². The Labute approximate surface area is 138 Å². The number of nitrogens with zero attached hydrogens (tertiary/aromatic N) is 2. The molecule has 1 aromatic heterocycles. The number of nitrogens with one attached hydrogen (secondary N) is 2. The van der Waals surface area contributed by atoms with Gasteiger partial charge in [0.2, 0.25) is 0 Å². The van der Waals surface area contributed by atoms with Gasteiger partial charge in [-0.25, -0.2) is 9.78 Å². The van der Waals surface area contributed by atoms with Crippen molar-refractivity contribution in [2.75, 3.05) is 18.4 Å². The molecule has 7 nitrogen and oxygen atoms in total. The van der Waals surface area contributed by atoms with Crippen LogP contribution in [0.15, 0.2) is 42.6 Å². The molecule has 0 saturated carbocycles. The summed E-state index contributed by atoms with van der Waals surface area (Å²) >= 11 is 0. The Morgan fingerprint density at radius 1 is 1.08 bits per heavy atom. The van der Waals surface area contributed by atoms with E-state index in [0.29, 0.717) is 16.9 Å². The molecule has 122 valence electrons. The molecule has 2 N–H and O–H groups in total. The second-order valence-corrected chi connectivity index (χ2v) is 5.36. The third-order valence-corrected chi connectivity index (χ3v) is 3.74.